The predicted octanol–water partition coefficient (Wildman–Crippen LogP) is 3.29. The van der Waals surface area contributed by atoms with Gasteiger partial charge in [-0.05, 0) is 30.7 Å². The molecule has 2 aromatic heterocycles. The lowest BCUT2D eigenvalue weighted by Gasteiger charge is -2.43. The number of carbonyl (C=O) groups excluding carboxylic acids is 1. The van der Waals surface area contributed by atoms with E-state index in [0.717, 1.165) is 30.7 Å². The number of amides is 1. The molecule has 2 unspecified atom stereocenters. The first-order chi connectivity index (χ1) is 12.3. The van der Waals surface area contributed by atoms with Gasteiger partial charge in [0, 0.05) is 19.4 Å². The monoisotopic (exact) mass is 361 g/mol. The molecular formula is C18H23N3O3S. The second-order valence-electron chi connectivity index (χ2n) is 6.69. The maximum Gasteiger partial charge on any atom is 0.226 e. The number of carbonyl (C=O) groups is 1. The number of rotatable bonds is 5. The topological polar surface area (TPSA) is 68.5 Å². The quantitative estimate of drug-likeness (QED) is 0.817. The van der Waals surface area contributed by atoms with E-state index in [1.165, 1.54) is 12.8 Å². The molecule has 0 bridgehead atoms. The minimum Gasteiger partial charge on any atom is -0.374 e. The van der Waals surface area contributed by atoms with Crippen molar-refractivity contribution >= 4 is 17.2 Å². The minimum absolute atomic E-state index is 0.234. The molecule has 2 fully saturated rings. The van der Waals surface area contributed by atoms with Gasteiger partial charge in [-0.15, -0.1) is 11.3 Å². The highest BCUT2D eigenvalue weighted by Crippen LogP contribution is 2.29. The zero-order valence-corrected chi connectivity index (χ0v) is 15.0. The van der Waals surface area contributed by atoms with Crippen LogP contribution in [0.4, 0.5) is 0 Å². The Morgan fingerprint density at radius 1 is 1.36 bits per heavy atom. The van der Waals surface area contributed by atoms with Gasteiger partial charge in [0.25, 0.3) is 0 Å². The largest absolute Gasteiger partial charge is 0.374 e. The average molecular weight is 361 g/mol. The molecular weight excluding hydrogens is 338 g/mol. The molecule has 0 radical (unpaired) electrons. The molecule has 134 valence electrons. The van der Waals surface area contributed by atoms with E-state index in [0.29, 0.717) is 31.2 Å². The van der Waals surface area contributed by atoms with Gasteiger partial charge in [0.05, 0.1) is 23.6 Å². The third kappa shape index (κ3) is 3.77. The highest BCUT2D eigenvalue weighted by molar-refractivity contribution is 7.13. The van der Waals surface area contributed by atoms with Crippen LogP contribution in [0.15, 0.2) is 22.0 Å². The zero-order valence-electron chi connectivity index (χ0n) is 14.2. The number of morpholine rings is 1. The first kappa shape index (κ1) is 16.7. The van der Waals surface area contributed by atoms with Crippen LogP contribution in [0.5, 0.6) is 0 Å². The van der Waals surface area contributed by atoms with Crippen molar-refractivity contribution in [3.8, 4) is 10.7 Å². The Labute approximate surface area is 151 Å². The summed E-state index contributed by atoms with van der Waals surface area (Å²) in [6.45, 7) is 1.39. The fourth-order valence-electron chi connectivity index (χ4n) is 3.80. The minimum atomic E-state index is 0.234. The van der Waals surface area contributed by atoms with Crippen molar-refractivity contribution in [1.29, 1.82) is 0 Å². The van der Waals surface area contributed by atoms with E-state index in [-0.39, 0.29) is 18.1 Å². The smallest absolute Gasteiger partial charge is 0.226 e. The Kier molecular flexibility index (Phi) is 5.12. The van der Waals surface area contributed by atoms with Crippen molar-refractivity contribution in [2.24, 2.45) is 0 Å². The molecule has 0 aromatic carbocycles. The second-order valence-corrected chi connectivity index (χ2v) is 7.64. The fraction of sp³-hybridized carbons (Fsp3) is 0.611. The van der Waals surface area contributed by atoms with Crippen molar-refractivity contribution in [3.05, 3.63) is 23.4 Å². The van der Waals surface area contributed by atoms with Crippen LogP contribution in [0.25, 0.3) is 10.7 Å². The van der Waals surface area contributed by atoms with Crippen LogP contribution >= 0.6 is 11.3 Å². The van der Waals surface area contributed by atoms with Crippen LogP contribution < -0.4 is 0 Å². The molecule has 4 rings (SSSR count). The molecule has 1 saturated carbocycles. The van der Waals surface area contributed by atoms with E-state index < -0.39 is 0 Å². The van der Waals surface area contributed by atoms with Crippen LogP contribution in [0.1, 0.15) is 44.4 Å². The summed E-state index contributed by atoms with van der Waals surface area (Å²) in [5.74, 6) is 1.47. The summed E-state index contributed by atoms with van der Waals surface area (Å²) in [5.41, 5.74) is 0. The van der Waals surface area contributed by atoms with Gasteiger partial charge < -0.3 is 14.2 Å². The van der Waals surface area contributed by atoms with Gasteiger partial charge in [0.1, 0.15) is 0 Å². The molecule has 1 aliphatic heterocycles. The van der Waals surface area contributed by atoms with Crippen molar-refractivity contribution in [3.63, 3.8) is 0 Å². The van der Waals surface area contributed by atoms with E-state index in [1.54, 1.807) is 11.3 Å². The highest BCUT2D eigenvalue weighted by Gasteiger charge is 2.36. The number of hydrogen-bond acceptors (Lipinski definition) is 6. The lowest BCUT2D eigenvalue weighted by atomic mass is 9.90. The summed E-state index contributed by atoms with van der Waals surface area (Å²) in [6, 6.07) is 4.22. The Balaban J connectivity index is 1.29. The molecule has 1 aliphatic carbocycles. The molecule has 3 heterocycles. The van der Waals surface area contributed by atoms with Gasteiger partial charge in [0.15, 0.2) is 0 Å². The van der Waals surface area contributed by atoms with Crippen LogP contribution in [-0.2, 0) is 16.0 Å². The molecule has 2 atom stereocenters. The SMILES string of the molecule is O=C(CCCc1nc(-c2cccs2)no1)N1CCOC2CCCCC21. The fourth-order valence-corrected chi connectivity index (χ4v) is 4.45. The summed E-state index contributed by atoms with van der Waals surface area (Å²) in [4.78, 5) is 20.1. The number of hydrogen-bond donors (Lipinski definition) is 0. The summed E-state index contributed by atoms with van der Waals surface area (Å²) in [5, 5.41) is 6.00. The van der Waals surface area contributed by atoms with Gasteiger partial charge in [-0.2, -0.15) is 4.98 Å². The third-order valence-electron chi connectivity index (χ3n) is 5.04. The normalized spacial score (nSPS) is 23.4. The summed E-state index contributed by atoms with van der Waals surface area (Å²) >= 11 is 1.59. The van der Waals surface area contributed by atoms with Crippen LogP contribution in [0.2, 0.25) is 0 Å². The molecule has 2 aliphatic rings. The molecule has 0 spiro atoms. The lowest BCUT2D eigenvalue weighted by Crippen LogP contribution is -2.54. The second kappa shape index (κ2) is 7.66. The van der Waals surface area contributed by atoms with Gasteiger partial charge >= 0.3 is 0 Å². The van der Waals surface area contributed by atoms with Crippen LogP contribution in [0, 0.1) is 0 Å². The molecule has 25 heavy (non-hydrogen) atoms. The van der Waals surface area contributed by atoms with E-state index in [9.17, 15) is 4.79 Å². The average Bonchev–Trinajstić information content (AvgIpc) is 3.32. The van der Waals surface area contributed by atoms with Crippen LogP contribution in [0.3, 0.4) is 0 Å². The van der Waals surface area contributed by atoms with Gasteiger partial charge in [-0.1, -0.05) is 24.1 Å². The number of aromatic nitrogens is 2. The Bertz CT molecular complexity index is 698. The zero-order chi connectivity index (χ0) is 17.1. The highest BCUT2D eigenvalue weighted by atomic mass is 32.1. The number of ether oxygens (including phenoxy) is 1. The number of thiophene rings is 1. The molecule has 2 aromatic rings. The summed E-state index contributed by atoms with van der Waals surface area (Å²) < 4.78 is 11.2. The Hall–Kier alpha value is -1.73. The Morgan fingerprint density at radius 3 is 3.16 bits per heavy atom. The maximum atomic E-state index is 12.6. The molecule has 0 N–H and O–H groups in total. The number of nitrogens with zero attached hydrogens (tertiary/aromatic N) is 3. The van der Waals surface area contributed by atoms with Crippen molar-refractivity contribution < 1.29 is 14.1 Å². The third-order valence-corrected chi connectivity index (χ3v) is 5.91. The first-order valence-electron chi connectivity index (χ1n) is 9.09. The molecule has 7 heteroatoms. The predicted molar refractivity (Wildman–Crippen MR) is 94.3 cm³/mol. The maximum absolute atomic E-state index is 12.6. The Morgan fingerprint density at radius 2 is 2.28 bits per heavy atom. The van der Waals surface area contributed by atoms with Gasteiger partial charge in [-0.3, -0.25) is 4.79 Å². The van der Waals surface area contributed by atoms with Crippen LogP contribution in [-0.4, -0.2) is 46.2 Å². The van der Waals surface area contributed by atoms with E-state index in [2.05, 4.69) is 15.0 Å². The van der Waals surface area contributed by atoms with E-state index in [4.69, 9.17) is 9.26 Å². The standard InChI is InChI=1S/C18H23N3O3S/c22-17(21-10-11-23-14-6-2-1-5-13(14)21)9-3-8-16-19-18(20-24-16)15-7-4-12-25-15/h4,7,12-14H,1-3,5-6,8-11H2. The van der Waals surface area contributed by atoms with E-state index in [1.807, 2.05) is 17.5 Å². The molecule has 6 nitrogen and oxygen atoms in total. The lowest BCUT2D eigenvalue weighted by molar-refractivity contribution is -0.149. The first-order valence-corrected chi connectivity index (χ1v) is 9.97. The van der Waals surface area contributed by atoms with Crippen molar-refractivity contribution in [2.75, 3.05) is 13.2 Å². The van der Waals surface area contributed by atoms with Gasteiger partial charge in [0.2, 0.25) is 17.6 Å². The number of aryl methyl sites for hydroxylation is 1. The van der Waals surface area contributed by atoms with Gasteiger partial charge in [-0.25, -0.2) is 0 Å². The summed E-state index contributed by atoms with van der Waals surface area (Å²) in [7, 11) is 0. The van der Waals surface area contributed by atoms with Crippen molar-refractivity contribution in [1.82, 2.24) is 15.0 Å². The summed E-state index contributed by atoms with van der Waals surface area (Å²) in [6.07, 6.45) is 6.72. The molecule has 1 saturated heterocycles. The van der Waals surface area contributed by atoms with E-state index >= 15 is 0 Å². The number of fused-ring (bicyclic) bond motifs is 1. The molecule has 1 amide bonds. The van der Waals surface area contributed by atoms with Crippen molar-refractivity contribution in [2.45, 2.75) is 57.1 Å².